The summed E-state index contributed by atoms with van der Waals surface area (Å²) in [4.78, 5) is 24.3. The van der Waals surface area contributed by atoms with Crippen molar-refractivity contribution in [3.05, 3.63) is 41.5 Å². The van der Waals surface area contributed by atoms with Crippen LogP contribution in [-0.2, 0) is 25.7 Å². The molecule has 1 aromatic rings. The van der Waals surface area contributed by atoms with Crippen molar-refractivity contribution in [2.45, 2.75) is 65.1 Å². The van der Waals surface area contributed by atoms with Gasteiger partial charge in [-0.15, -0.1) is 0 Å². The maximum absolute atomic E-state index is 12.8. The quantitative estimate of drug-likeness (QED) is 0.448. The Balaban J connectivity index is 1.48. The van der Waals surface area contributed by atoms with Gasteiger partial charge in [-0.25, -0.2) is 0 Å². The molecule has 2 aliphatic rings. The number of ether oxygens (including phenoxy) is 3. The fourth-order valence-electron chi connectivity index (χ4n) is 4.87. The van der Waals surface area contributed by atoms with Crippen molar-refractivity contribution in [2.24, 2.45) is 17.8 Å². The van der Waals surface area contributed by atoms with Crippen LogP contribution in [0.2, 0.25) is 0 Å². The molecule has 0 unspecified atom stereocenters. The summed E-state index contributed by atoms with van der Waals surface area (Å²) in [6, 6.07) is 7.85. The Morgan fingerprint density at radius 1 is 1.17 bits per heavy atom. The lowest BCUT2D eigenvalue weighted by Gasteiger charge is -2.39. The number of esters is 1. The number of ketones is 1. The van der Waals surface area contributed by atoms with Crippen LogP contribution in [0.5, 0.6) is 5.75 Å². The average molecular weight is 415 g/mol. The van der Waals surface area contributed by atoms with Gasteiger partial charge in [0.1, 0.15) is 11.9 Å². The fraction of sp³-hybridized carbons (Fsp3) is 0.600. The third kappa shape index (κ3) is 6.18. The van der Waals surface area contributed by atoms with Crippen molar-refractivity contribution in [1.82, 2.24) is 0 Å². The first-order valence-electron chi connectivity index (χ1n) is 11.1. The Morgan fingerprint density at radius 2 is 1.93 bits per heavy atom. The molecule has 164 valence electrons. The second kappa shape index (κ2) is 10.8. The van der Waals surface area contributed by atoms with E-state index in [1.807, 2.05) is 24.3 Å². The molecule has 5 nitrogen and oxygen atoms in total. The maximum atomic E-state index is 12.8. The molecule has 0 bridgehead atoms. The minimum absolute atomic E-state index is 0.0625. The lowest BCUT2D eigenvalue weighted by Crippen LogP contribution is -2.38. The van der Waals surface area contributed by atoms with Crippen LogP contribution in [-0.4, -0.2) is 31.6 Å². The van der Waals surface area contributed by atoms with Gasteiger partial charge in [0.2, 0.25) is 0 Å². The molecule has 0 amide bonds. The minimum Gasteiger partial charge on any atom is -0.497 e. The van der Waals surface area contributed by atoms with Crippen molar-refractivity contribution in [3.8, 4) is 5.75 Å². The van der Waals surface area contributed by atoms with Crippen molar-refractivity contribution in [3.63, 3.8) is 0 Å². The molecule has 0 aromatic heterocycles. The highest BCUT2D eigenvalue weighted by molar-refractivity contribution is 5.95. The van der Waals surface area contributed by atoms with Gasteiger partial charge in [-0.05, 0) is 67.2 Å². The molecule has 5 heteroatoms. The normalized spacial score (nSPS) is 26.4. The molecule has 0 N–H and O–H groups in total. The largest absolute Gasteiger partial charge is 0.497 e. The summed E-state index contributed by atoms with van der Waals surface area (Å²) in [5.41, 5.74) is 2.03. The number of allylic oxidation sites excluding steroid dienone is 2. The number of hydrogen-bond acceptors (Lipinski definition) is 5. The summed E-state index contributed by atoms with van der Waals surface area (Å²) in [6.07, 6.45) is 6.95. The molecular formula is C25H34O5. The molecule has 4 atom stereocenters. The van der Waals surface area contributed by atoms with E-state index < -0.39 is 0 Å². The van der Waals surface area contributed by atoms with Gasteiger partial charge in [-0.1, -0.05) is 25.1 Å². The molecule has 2 aliphatic carbocycles. The zero-order valence-corrected chi connectivity index (χ0v) is 18.4. The topological polar surface area (TPSA) is 61.8 Å². The fourth-order valence-corrected chi connectivity index (χ4v) is 4.87. The second-order valence-electron chi connectivity index (χ2n) is 8.74. The van der Waals surface area contributed by atoms with Crippen LogP contribution >= 0.6 is 0 Å². The standard InChI is InChI=1S/C25H34O5/c1-17-13-21-15-24(27)20(8-11-23(21)25(14-17)30-18(2)26)5-4-12-29-16-19-6-9-22(28-3)10-7-19/h6-10,17,21,23,25H,4-5,11-16H2,1-3H3/t17-,21+,23-,25+/m1/s1. The van der Waals surface area contributed by atoms with Gasteiger partial charge >= 0.3 is 5.97 Å². The number of benzene rings is 1. The first kappa shape index (κ1) is 22.5. The number of Topliss-reactive ketones (excluding diaryl/α,β-unsaturated/α-hetero) is 1. The second-order valence-corrected chi connectivity index (χ2v) is 8.74. The Bertz CT molecular complexity index is 751. The molecule has 0 heterocycles. The van der Waals surface area contributed by atoms with Crippen LogP contribution in [0.25, 0.3) is 0 Å². The van der Waals surface area contributed by atoms with Gasteiger partial charge < -0.3 is 14.2 Å². The molecule has 1 fully saturated rings. The van der Waals surface area contributed by atoms with E-state index in [0.717, 1.165) is 49.0 Å². The van der Waals surface area contributed by atoms with Crippen LogP contribution < -0.4 is 4.74 Å². The minimum atomic E-state index is -0.221. The van der Waals surface area contributed by atoms with Crippen molar-refractivity contribution < 1.29 is 23.8 Å². The van der Waals surface area contributed by atoms with E-state index in [1.165, 1.54) is 6.92 Å². The van der Waals surface area contributed by atoms with E-state index in [0.29, 0.717) is 31.5 Å². The molecule has 1 saturated carbocycles. The number of fused-ring (bicyclic) bond motifs is 1. The van der Waals surface area contributed by atoms with E-state index in [-0.39, 0.29) is 23.8 Å². The van der Waals surface area contributed by atoms with E-state index in [4.69, 9.17) is 14.2 Å². The van der Waals surface area contributed by atoms with Gasteiger partial charge in [0.15, 0.2) is 5.78 Å². The molecule has 0 aliphatic heterocycles. The van der Waals surface area contributed by atoms with E-state index in [1.54, 1.807) is 7.11 Å². The lowest BCUT2D eigenvalue weighted by atomic mass is 9.70. The Hall–Kier alpha value is -2.14. The number of rotatable bonds is 8. The molecule has 30 heavy (non-hydrogen) atoms. The highest BCUT2D eigenvalue weighted by atomic mass is 16.5. The van der Waals surface area contributed by atoms with E-state index >= 15 is 0 Å². The molecule has 0 radical (unpaired) electrons. The Morgan fingerprint density at radius 3 is 2.63 bits per heavy atom. The van der Waals surface area contributed by atoms with E-state index in [9.17, 15) is 9.59 Å². The Kier molecular flexibility index (Phi) is 8.08. The van der Waals surface area contributed by atoms with Crippen molar-refractivity contribution in [2.75, 3.05) is 13.7 Å². The van der Waals surface area contributed by atoms with Gasteiger partial charge in [0.05, 0.1) is 13.7 Å². The Labute approximate surface area is 179 Å². The smallest absolute Gasteiger partial charge is 0.302 e. The number of methoxy groups -OCH3 is 1. The van der Waals surface area contributed by atoms with Crippen molar-refractivity contribution in [1.29, 1.82) is 0 Å². The highest BCUT2D eigenvalue weighted by Crippen LogP contribution is 2.42. The summed E-state index contributed by atoms with van der Waals surface area (Å²) in [5.74, 6) is 1.93. The molecule has 0 spiro atoms. The molecule has 3 rings (SSSR count). The lowest BCUT2D eigenvalue weighted by molar-refractivity contribution is -0.153. The number of carbonyl (C=O) groups is 2. The predicted molar refractivity (Wildman–Crippen MR) is 115 cm³/mol. The summed E-state index contributed by atoms with van der Waals surface area (Å²) in [5, 5.41) is 0. The highest BCUT2D eigenvalue weighted by Gasteiger charge is 2.40. The van der Waals surface area contributed by atoms with Crippen LogP contribution in [0.15, 0.2) is 35.9 Å². The SMILES string of the molecule is COc1ccc(COCCCC2=CC[C@@H]3[C@H](CC2=O)C[C@@H](C)C[C@@H]3OC(C)=O)cc1. The molecular weight excluding hydrogens is 380 g/mol. The third-order valence-corrected chi connectivity index (χ3v) is 6.34. The zero-order chi connectivity index (χ0) is 21.5. The van der Waals surface area contributed by atoms with Crippen LogP contribution in [0.3, 0.4) is 0 Å². The van der Waals surface area contributed by atoms with Gasteiger partial charge in [-0.2, -0.15) is 0 Å². The molecule has 1 aromatic carbocycles. The zero-order valence-electron chi connectivity index (χ0n) is 18.4. The monoisotopic (exact) mass is 414 g/mol. The number of carbonyl (C=O) groups excluding carboxylic acids is 2. The van der Waals surface area contributed by atoms with Crippen LogP contribution in [0, 0.1) is 17.8 Å². The van der Waals surface area contributed by atoms with Crippen molar-refractivity contribution >= 4 is 11.8 Å². The first-order chi connectivity index (χ1) is 14.5. The third-order valence-electron chi connectivity index (χ3n) is 6.34. The van der Waals surface area contributed by atoms with Crippen LogP contribution in [0.4, 0.5) is 0 Å². The summed E-state index contributed by atoms with van der Waals surface area (Å²) in [6.45, 7) is 4.85. The first-order valence-corrected chi connectivity index (χ1v) is 11.1. The molecule has 0 saturated heterocycles. The van der Waals surface area contributed by atoms with Gasteiger partial charge in [-0.3, -0.25) is 9.59 Å². The maximum Gasteiger partial charge on any atom is 0.302 e. The summed E-state index contributed by atoms with van der Waals surface area (Å²) in [7, 11) is 1.65. The van der Waals surface area contributed by atoms with Gasteiger partial charge in [0, 0.05) is 25.9 Å². The van der Waals surface area contributed by atoms with Gasteiger partial charge in [0.25, 0.3) is 0 Å². The predicted octanol–water partition coefficient (Wildman–Crippen LogP) is 4.88. The summed E-state index contributed by atoms with van der Waals surface area (Å²) < 4.78 is 16.6. The van der Waals surface area contributed by atoms with Crippen LogP contribution in [0.1, 0.15) is 57.9 Å². The average Bonchev–Trinajstić information content (AvgIpc) is 2.86. The van der Waals surface area contributed by atoms with E-state index in [2.05, 4.69) is 13.0 Å². The summed E-state index contributed by atoms with van der Waals surface area (Å²) >= 11 is 0. The number of hydrogen-bond donors (Lipinski definition) is 0.